The second-order valence-electron chi connectivity index (χ2n) is 12.3. The minimum atomic E-state index is -5.08. The van der Waals surface area contributed by atoms with Gasteiger partial charge in [-0.1, -0.05) is 32.0 Å². The van der Waals surface area contributed by atoms with Crippen LogP contribution in [0, 0.1) is 17.8 Å². The Morgan fingerprint density at radius 3 is 2.43 bits per heavy atom. The summed E-state index contributed by atoms with van der Waals surface area (Å²) in [6.07, 6.45) is -2.75. The van der Waals surface area contributed by atoms with Gasteiger partial charge in [-0.2, -0.15) is 13.2 Å². The van der Waals surface area contributed by atoms with Crippen molar-refractivity contribution in [1.29, 1.82) is 0 Å². The standard InChI is InChI=1S/C27H40N4O4.C2HF3O2/c1-16(2)27(5)14-20(17-9-7-8-10-22(17)35-27)29-24(33)19-13-18(19)21(11-12-34-6)31-23(32)15-26(3,4)30-25(31)28;3-2(4,5)1(6)7/h7-10,16,18-21H,11-15H2,1-6H3,(H2,28,30)(H,29,33);(H,6,7)/t18-,19-,20?,21+,27?;/m1./s1. The first-order valence-corrected chi connectivity index (χ1v) is 13.9. The van der Waals surface area contributed by atoms with Gasteiger partial charge < -0.3 is 25.6 Å². The lowest BCUT2D eigenvalue weighted by atomic mass is 9.81. The van der Waals surface area contributed by atoms with Gasteiger partial charge in [0, 0.05) is 37.7 Å². The molecular formula is C29H41F3N4O6. The number of carboxylic acid groups (broad SMARTS) is 1. The van der Waals surface area contributed by atoms with Crippen molar-refractivity contribution < 1.29 is 42.1 Å². The Bertz CT molecular complexity index is 1200. The van der Waals surface area contributed by atoms with Crippen molar-refractivity contribution in [2.24, 2.45) is 28.5 Å². The van der Waals surface area contributed by atoms with E-state index in [4.69, 9.17) is 25.1 Å². The summed E-state index contributed by atoms with van der Waals surface area (Å²) in [6, 6.07) is 7.61. The number of rotatable bonds is 8. The lowest BCUT2D eigenvalue weighted by Crippen LogP contribution is -2.55. The molecule has 2 aliphatic heterocycles. The number of ether oxygens (including phenoxy) is 2. The van der Waals surface area contributed by atoms with Gasteiger partial charge in [-0.15, -0.1) is 0 Å². The zero-order valence-corrected chi connectivity index (χ0v) is 24.8. The molecule has 234 valence electrons. The van der Waals surface area contributed by atoms with Crippen molar-refractivity contribution in [2.75, 3.05) is 13.7 Å². The van der Waals surface area contributed by atoms with E-state index in [0.29, 0.717) is 38.2 Å². The average molecular weight is 599 g/mol. The van der Waals surface area contributed by atoms with Crippen LogP contribution in [-0.4, -0.2) is 70.8 Å². The molecule has 0 bridgehead atoms. The van der Waals surface area contributed by atoms with Crippen LogP contribution in [0.15, 0.2) is 29.3 Å². The summed E-state index contributed by atoms with van der Waals surface area (Å²) in [4.78, 5) is 41.5. The molecule has 2 amide bonds. The van der Waals surface area contributed by atoms with Crippen LogP contribution in [0.1, 0.15) is 71.9 Å². The van der Waals surface area contributed by atoms with E-state index in [2.05, 4.69) is 31.1 Å². The first-order valence-electron chi connectivity index (χ1n) is 13.9. The van der Waals surface area contributed by atoms with Crippen LogP contribution in [0.3, 0.4) is 0 Å². The average Bonchev–Trinajstić information content (AvgIpc) is 3.65. The molecule has 13 heteroatoms. The van der Waals surface area contributed by atoms with Crippen molar-refractivity contribution in [3.8, 4) is 5.75 Å². The first kappa shape index (κ1) is 33.2. The van der Waals surface area contributed by atoms with Gasteiger partial charge in [-0.05, 0) is 51.5 Å². The smallest absolute Gasteiger partial charge is 0.487 e. The lowest BCUT2D eigenvalue weighted by molar-refractivity contribution is -0.192. The number of nitrogens with one attached hydrogen (secondary N) is 1. The molecule has 0 radical (unpaired) electrons. The van der Waals surface area contributed by atoms with E-state index in [1.54, 1.807) is 12.0 Å². The summed E-state index contributed by atoms with van der Waals surface area (Å²) in [5.74, 6) is -1.57. The molecule has 0 spiro atoms. The van der Waals surface area contributed by atoms with Gasteiger partial charge in [-0.25, -0.2) is 9.79 Å². The molecule has 1 aliphatic carbocycles. The first-order chi connectivity index (χ1) is 19.4. The van der Waals surface area contributed by atoms with Gasteiger partial charge >= 0.3 is 12.1 Å². The molecule has 4 N–H and O–H groups in total. The van der Waals surface area contributed by atoms with E-state index in [9.17, 15) is 22.8 Å². The number of aliphatic imine (C=N–C) groups is 1. The molecule has 2 unspecified atom stereocenters. The van der Waals surface area contributed by atoms with Gasteiger partial charge in [-0.3, -0.25) is 14.5 Å². The molecule has 1 aromatic carbocycles. The number of para-hydroxylation sites is 1. The van der Waals surface area contributed by atoms with Crippen LogP contribution >= 0.6 is 0 Å². The van der Waals surface area contributed by atoms with Crippen molar-refractivity contribution in [3.63, 3.8) is 0 Å². The van der Waals surface area contributed by atoms with Crippen LogP contribution in [0.5, 0.6) is 5.75 Å². The number of amides is 2. The number of benzene rings is 1. The van der Waals surface area contributed by atoms with E-state index < -0.39 is 17.7 Å². The number of hydrogen-bond acceptors (Lipinski definition) is 7. The molecular weight excluding hydrogens is 557 g/mol. The number of halogens is 3. The maximum Gasteiger partial charge on any atom is 0.490 e. The monoisotopic (exact) mass is 598 g/mol. The summed E-state index contributed by atoms with van der Waals surface area (Å²) in [6.45, 7) is 10.7. The highest BCUT2D eigenvalue weighted by Crippen LogP contribution is 2.47. The van der Waals surface area contributed by atoms with Crippen LogP contribution in [0.2, 0.25) is 0 Å². The fraction of sp³-hybridized carbons (Fsp3) is 0.655. The van der Waals surface area contributed by atoms with E-state index >= 15 is 0 Å². The zero-order chi connectivity index (χ0) is 31.6. The number of hydrogen-bond donors (Lipinski definition) is 3. The number of carboxylic acids is 1. The predicted octanol–water partition coefficient (Wildman–Crippen LogP) is 4.04. The Hall–Kier alpha value is -3.35. The number of methoxy groups -OCH3 is 1. The number of carbonyl (C=O) groups is 3. The third kappa shape index (κ3) is 7.73. The van der Waals surface area contributed by atoms with Gasteiger partial charge in [0.2, 0.25) is 11.8 Å². The van der Waals surface area contributed by atoms with Gasteiger partial charge in [0.05, 0.1) is 18.0 Å². The Balaban J connectivity index is 0.000000616. The molecule has 1 saturated carbocycles. The fourth-order valence-corrected chi connectivity index (χ4v) is 5.49. The molecule has 4 rings (SSSR count). The second kappa shape index (κ2) is 12.5. The number of nitrogens with zero attached hydrogens (tertiary/aromatic N) is 2. The van der Waals surface area contributed by atoms with Crippen molar-refractivity contribution in [3.05, 3.63) is 29.8 Å². The summed E-state index contributed by atoms with van der Waals surface area (Å²) in [5, 5.41) is 10.4. The molecule has 5 atom stereocenters. The predicted molar refractivity (Wildman–Crippen MR) is 149 cm³/mol. The lowest BCUT2D eigenvalue weighted by Gasteiger charge is -2.43. The molecule has 3 aliphatic rings. The Morgan fingerprint density at radius 1 is 1.26 bits per heavy atom. The van der Waals surface area contributed by atoms with Crippen molar-refractivity contribution in [1.82, 2.24) is 10.2 Å². The number of guanidine groups is 1. The molecule has 0 saturated heterocycles. The van der Waals surface area contributed by atoms with Crippen LogP contribution < -0.4 is 15.8 Å². The number of fused-ring (bicyclic) bond motifs is 1. The topological polar surface area (TPSA) is 144 Å². The second-order valence-corrected chi connectivity index (χ2v) is 12.3. The summed E-state index contributed by atoms with van der Waals surface area (Å²) >= 11 is 0. The van der Waals surface area contributed by atoms with Gasteiger partial charge in [0.1, 0.15) is 11.4 Å². The number of carbonyl (C=O) groups excluding carboxylic acids is 2. The molecule has 1 aromatic rings. The molecule has 2 heterocycles. The molecule has 10 nitrogen and oxygen atoms in total. The fourth-order valence-electron chi connectivity index (χ4n) is 5.49. The third-order valence-corrected chi connectivity index (χ3v) is 8.16. The van der Waals surface area contributed by atoms with Crippen molar-refractivity contribution in [2.45, 2.75) is 89.7 Å². The van der Waals surface area contributed by atoms with Crippen LogP contribution in [0.4, 0.5) is 13.2 Å². The van der Waals surface area contributed by atoms with Gasteiger partial charge in [0.15, 0.2) is 5.96 Å². The summed E-state index contributed by atoms with van der Waals surface area (Å²) in [5.41, 5.74) is 6.40. The Morgan fingerprint density at radius 2 is 1.88 bits per heavy atom. The normalized spacial score (nSPS) is 27.1. The number of nitrogens with two attached hydrogens (primary N) is 1. The SMILES string of the molecule is COCC[C@@H]([C@@H]1C[C@H]1C(=O)NC1CC(C)(C(C)C)Oc2ccccc21)N1C(=O)CC(C)(C)N=C1N.O=C(O)C(F)(F)F. The molecule has 0 aromatic heterocycles. The number of alkyl halides is 3. The zero-order valence-electron chi connectivity index (χ0n) is 24.8. The largest absolute Gasteiger partial charge is 0.490 e. The summed E-state index contributed by atoms with van der Waals surface area (Å²) in [7, 11) is 1.64. The molecule has 1 fully saturated rings. The number of aliphatic carboxylic acids is 1. The third-order valence-electron chi connectivity index (χ3n) is 8.16. The highest BCUT2D eigenvalue weighted by atomic mass is 19.4. The van der Waals surface area contributed by atoms with Crippen LogP contribution in [-0.2, 0) is 19.1 Å². The van der Waals surface area contributed by atoms with Gasteiger partial charge in [0.25, 0.3) is 0 Å². The van der Waals surface area contributed by atoms with E-state index in [1.165, 1.54) is 0 Å². The minimum Gasteiger partial charge on any atom is -0.487 e. The van der Waals surface area contributed by atoms with E-state index in [1.807, 2.05) is 38.1 Å². The molecule has 42 heavy (non-hydrogen) atoms. The Kier molecular flexibility index (Phi) is 9.85. The quantitative estimate of drug-likeness (QED) is 0.410. The summed E-state index contributed by atoms with van der Waals surface area (Å²) < 4.78 is 43.4. The van der Waals surface area contributed by atoms with Crippen LogP contribution in [0.25, 0.3) is 0 Å². The highest BCUT2D eigenvalue weighted by molar-refractivity contribution is 5.99. The minimum absolute atomic E-state index is 0.0190. The Labute approximate surface area is 243 Å². The maximum atomic E-state index is 13.5. The van der Waals surface area contributed by atoms with E-state index in [0.717, 1.165) is 11.3 Å². The maximum absolute atomic E-state index is 13.5. The highest BCUT2D eigenvalue weighted by Gasteiger charge is 2.53. The van der Waals surface area contributed by atoms with E-state index in [-0.39, 0.29) is 47.3 Å². The van der Waals surface area contributed by atoms with Crippen molar-refractivity contribution >= 4 is 23.7 Å².